The van der Waals surface area contributed by atoms with E-state index < -0.39 is 0 Å². The molecule has 0 bridgehead atoms. The third-order valence-corrected chi connectivity index (χ3v) is 2.79. The SMILES string of the molecule is O=C(Nc1ccncc1)c1cc(C2CC2)[nH]n1. The monoisotopic (exact) mass is 228 g/mol. The average Bonchev–Trinajstić information content (AvgIpc) is 3.08. The Bertz CT molecular complexity index is 530. The van der Waals surface area contributed by atoms with Gasteiger partial charge in [0, 0.05) is 29.7 Å². The van der Waals surface area contributed by atoms with Crippen molar-refractivity contribution in [3.63, 3.8) is 0 Å². The van der Waals surface area contributed by atoms with Crippen LogP contribution in [0.2, 0.25) is 0 Å². The fourth-order valence-electron chi connectivity index (χ4n) is 1.69. The summed E-state index contributed by atoms with van der Waals surface area (Å²) in [5.41, 5.74) is 2.22. The van der Waals surface area contributed by atoms with Gasteiger partial charge in [-0.1, -0.05) is 0 Å². The Morgan fingerprint density at radius 2 is 2.12 bits per heavy atom. The van der Waals surface area contributed by atoms with Crippen LogP contribution >= 0.6 is 0 Å². The molecule has 5 heteroatoms. The van der Waals surface area contributed by atoms with Crippen molar-refractivity contribution in [1.29, 1.82) is 0 Å². The molecule has 1 aliphatic carbocycles. The minimum Gasteiger partial charge on any atom is -0.320 e. The highest BCUT2D eigenvalue weighted by Crippen LogP contribution is 2.38. The van der Waals surface area contributed by atoms with Crippen molar-refractivity contribution in [1.82, 2.24) is 15.2 Å². The number of hydrogen-bond donors (Lipinski definition) is 2. The topological polar surface area (TPSA) is 70.7 Å². The zero-order valence-corrected chi connectivity index (χ0v) is 9.18. The highest BCUT2D eigenvalue weighted by molar-refractivity contribution is 6.02. The van der Waals surface area contributed by atoms with Gasteiger partial charge in [0.15, 0.2) is 5.69 Å². The van der Waals surface area contributed by atoms with Crippen molar-refractivity contribution in [2.24, 2.45) is 0 Å². The number of carbonyl (C=O) groups is 1. The van der Waals surface area contributed by atoms with Crippen LogP contribution in [0.1, 0.15) is 34.9 Å². The van der Waals surface area contributed by atoms with E-state index in [9.17, 15) is 4.79 Å². The van der Waals surface area contributed by atoms with E-state index in [1.807, 2.05) is 6.07 Å². The van der Waals surface area contributed by atoms with Gasteiger partial charge < -0.3 is 5.32 Å². The van der Waals surface area contributed by atoms with E-state index in [4.69, 9.17) is 0 Å². The van der Waals surface area contributed by atoms with Gasteiger partial charge in [-0.05, 0) is 31.0 Å². The van der Waals surface area contributed by atoms with E-state index in [-0.39, 0.29) is 5.91 Å². The Kier molecular flexibility index (Phi) is 2.36. The second-order valence-corrected chi connectivity index (χ2v) is 4.17. The number of hydrogen-bond acceptors (Lipinski definition) is 3. The molecule has 2 aromatic heterocycles. The molecule has 2 N–H and O–H groups in total. The van der Waals surface area contributed by atoms with Gasteiger partial charge >= 0.3 is 0 Å². The molecule has 2 heterocycles. The van der Waals surface area contributed by atoms with Crippen molar-refractivity contribution in [3.05, 3.63) is 42.0 Å². The Balaban J connectivity index is 1.72. The highest BCUT2D eigenvalue weighted by Gasteiger charge is 2.26. The van der Waals surface area contributed by atoms with Crippen LogP contribution in [0, 0.1) is 0 Å². The van der Waals surface area contributed by atoms with Crippen LogP contribution in [0.4, 0.5) is 5.69 Å². The summed E-state index contributed by atoms with van der Waals surface area (Å²) < 4.78 is 0. The van der Waals surface area contributed by atoms with Crippen LogP contribution in [-0.4, -0.2) is 21.1 Å². The summed E-state index contributed by atoms with van der Waals surface area (Å²) in [7, 11) is 0. The Labute approximate surface area is 98.3 Å². The number of anilines is 1. The highest BCUT2D eigenvalue weighted by atomic mass is 16.1. The molecule has 0 saturated heterocycles. The first-order chi connectivity index (χ1) is 8.33. The first kappa shape index (κ1) is 10.0. The fourth-order valence-corrected chi connectivity index (χ4v) is 1.69. The number of nitrogens with one attached hydrogen (secondary N) is 2. The van der Waals surface area contributed by atoms with E-state index in [1.165, 1.54) is 12.8 Å². The lowest BCUT2D eigenvalue weighted by molar-refractivity contribution is 0.102. The summed E-state index contributed by atoms with van der Waals surface area (Å²) in [6.07, 6.45) is 5.65. The lowest BCUT2D eigenvalue weighted by atomic mass is 10.2. The quantitative estimate of drug-likeness (QED) is 0.843. The van der Waals surface area contributed by atoms with Crippen molar-refractivity contribution in [2.75, 3.05) is 5.32 Å². The molecule has 1 fully saturated rings. The second kappa shape index (κ2) is 4.01. The number of aromatic nitrogens is 3. The third kappa shape index (κ3) is 2.18. The molecule has 0 radical (unpaired) electrons. The number of carbonyl (C=O) groups excluding carboxylic acids is 1. The zero-order chi connectivity index (χ0) is 11.7. The van der Waals surface area contributed by atoms with E-state index in [0.717, 1.165) is 11.4 Å². The van der Waals surface area contributed by atoms with Crippen LogP contribution in [0.25, 0.3) is 0 Å². The van der Waals surface area contributed by atoms with Crippen LogP contribution in [-0.2, 0) is 0 Å². The van der Waals surface area contributed by atoms with E-state index >= 15 is 0 Å². The van der Waals surface area contributed by atoms with Crippen LogP contribution in [0.3, 0.4) is 0 Å². The van der Waals surface area contributed by atoms with E-state index in [2.05, 4.69) is 20.5 Å². The molecule has 5 nitrogen and oxygen atoms in total. The summed E-state index contributed by atoms with van der Waals surface area (Å²) in [5, 5.41) is 9.70. The second-order valence-electron chi connectivity index (χ2n) is 4.17. The van der Waals surface area contributed by atoms with E-state index in [1.54, 1.807) is 24.5 Å². The number of aromatic amines is 1. The number of nitrogens with zero attached hydrogens (tertiary/aromatic N) is 2. The summed E-state index contributed by atoms with van der Waals surface area (Å²) in [6.45, 7) is 0. The predicted octanol–water partition coefficient (Wildman–Crippen LogP) is 1.93. The van der Waals surface area contributed by atoms with Crippen molar-refractivity contribution >= 4 is 11.6 Å². The molecule has 0 spiro atoms. The molecule has 86 valence electrons. The van der Waals surface area contributed by atoms with Gasteiger partial charge in [0.05, 0.1) is 0 Å². The van der Waals surface area contributed by atoms with Gasteiger partial charge in [0.25, 0.3) is 5.91 Å². The van der Waals surface area contributed by atoms with Crippen molar-refractivity contribution in [3.8, 4) is 0 Å². The molecule has 17 heavy (non-hydrogen) atoms. The Morgan fingerprint density at radius 1 is 1.35 bits per heavy atom. The van der Waals surface area contributed by atoms with Crippen LogP contribution in [0.15, 0.2) is 30.6 Å². The molecule has 0 aromatic carbocycles. The smallest absolute Gasteiger partial charge is 0.276 e. The Morgan fingerprint density at radius 3 is 2.82 bits per heavy atom. The summed E-state index contributed by atoms with van der Waals surface area (Å²) in [6, 6.07) is 5.31. The number of rotatable bonds is 3. The summed E-state index contributed by atoms with van der Waals surface area (Å²) >= 11 is 0. The summed E-state index contributed by atoms with van der Waals surface area (Å²) in [5.74, 6) is 0.379. The standard InChI is InChI=1S/C12H12N4O/c17-12(14-9-3-5-13-6-4-9)11-7-10(15-16-11)8-1-2-8/h3-8H,1-2H2,(H,15,16)(H,13,14,17). The fraction of sp³-hybridized carbons (Fsp3) is 0.250. The first-order valence-electron chi connectivity index (χ1n) is 5.59. The molecule has 3 rings (SSSR count). The van der Waals surface area contributed by atoms with Gasteiger partial charge in [-0.15, -0.1) is 0 Å². The molecule has 1 saturated carbocycles. The lowest BCUT2D eigenvalue weighted by Gasteiger charge is -2.00. The minimum atomic E-state index is -0.195. The van der Waals surface area contributed by atoms with Gasteiger partial charge in [-0.3, -0.25) is 14.9 Å². The Hall–Kier alpha value is -2.17. The third-order valence-electron chi connectivity index (χ3n) is 2.79. The number of amides is 1. The van der Waals surface area contributed by atoms with Gasteiger partial charge in [0.2, 0.25) is 0 Å². The van der Waals surface area contributed by atoms with Crippen LogP contribution in [0.5, 0.6) is 0 Å². The largest absolute Gasteiger partial charge is 0.320 e. The van der Waals surface area contributed by atoms with Gasteiger partial charge in [0.1, 0.15) is 0 Å². The number of H-pyrrole nitrogens is 1. The molecular formula is C12H12N4O. The molecular weight excluding hydrogens is 216 g/mol. The lowest BCUT2D eigenvalue weighted by Crippen LogP contribution is -2.12. The maximum Gasteiger partial charge on any atom is 0.276 e. The number of pyridine rings is 1. The minimum absolute atomic E-state index is 0.195. The maximum absolute atomic E-state index is 11.9. The average molecular weight is 228 g/mol. The van der Waals surface area contributed by atoms with Crippen molar-refractivity contribution < 1.29 is 4.79 Å². The predicted molar refractivity (Wildman–Crippen MR) is 62.8 cm³/mol. The van der Waals surface area contributed by atoms with Crippen molar-refractivity contribution in [2.45, 2.75) is 18.8 Å². The molecule has 0 atom stereocenters. The molecule has 2 aromatic rings. The van der Waals surface area contributed by atoms with Gasteiger partial charge in [-0.2, -0.15) is 5.10 Å². The van der Waals surface area contributed by atoms with E-state index in [0.29, 0.717) is 11.6 Å². The summed E-state index contributed by atoms with van der Waals surface area (Å²) in [4.78, 5) is 15.7. The van der Waals surface area contributed by atoms with Crippen LogP contribution < -0.4 is 5.32 Å². The van der Waals surface area contributed by atoms with Gasteiger partial charge in [-0.25, -0.2) is 0 Å². The molecule has 1 aliphatic rings. The molecule has 1 amide bonds. The normalized spacial score (nSPS) is 14.6. The maximum atomic E-state index is 11.9. The zero-order valence-electron chi connectivity index (χ0n) is 9.18. The molecule has 0 unspecified atom stereocenters. The molecule has 0 aliphatic heterocycles. The first-order valence-corrected chi connectivity index (χ1v) is 5.59.